The predicted molar refractivity (Wildman–Crippen MR) is 114 cm³/mol. The molecule has 0 unspecified atom stereocenters. The lowest BCUT2D eigenvalue weighted by Gasteiger charge is -2.01. The van der Waals surface area contributed by atoms with Gasteiger partial charge in [0.1, 0.15) is 23.5 Å². The molecule has 6 heteroatoms. The lowest BCUT2D eigenvalue weighted by atomic mass is 10.1. The Labute approximate surface area is 167 Å². The Morgan fingerprint density at radius 2 is 1.48 bits per heavy atom. The van der Waals surface area contributed by atoms with Crippen molar-refractivity contribution in [3.05, 3.63) is 54.0 Å². The van der Waals surface area contributed by atoms with E-state index in [0.29, 0.717) is 5.89 Å². The van der Waals surface area contributed by atoms with Crippen LogP contribution in [0.4, 0.5) is 0 Å². The maximum Gasteiger partial charge on any atom is 0.228 e. The molecule has 2 aromatic carbocycles. The van der Waals surface area contributed by atoms with E-state index in [9.17, 15) is 0 Å². The van der Waals surface area contributed by atoms with E-state index >= 15 is 0 Å². The molecule has 0 spiro atoms. The molecule has 0 saturated heterocycles. The van der Waals surface area contributed by atoms with Crippen molar-refractivity contribution in [3.63, 3.8) is 0 Å². The molecule has 6 nitrogen and oxygen atoms in total. The monoisotopic (exact) mass is 387 g/mol. The van der Waals surface area contributed by atoms with Crippen molar-refractivity contribution in [2.75, 3.05) is 14.2 Å². The van der Waals surface area contributed by atoms with Crippen LogP contribution in [0.15, 0.2) is 47.1 Å². The first kappa shape index (κ1) is 17.4. The van der Waals surface area contributed by atoms with Gasteiger partial charge in [0, 0.05) is 39.3 Å². The van der Waals surface area contributed by atoms with Crippen LogP contribution in [0.2, 0.25) is 0 Å². The standard InChI is InChI=1S/C23H21N3O3/c1-12-21(17-9-14(27-3)6-8-18(17)24-12)20-11-29-23(26-20)22-13(2)25-19-10-15(28-4)5-7-16(19)22/h5-11,24-25H,1-4H3. The van der Waals surface area contributed by atoms with Crippen LogP contribution >= 0.6 is 0 Å². The zero-order valence-electron chi connectivity index (χ0n) is 16.7. The number of fused-ring (bicyclic) bond motifs is 2. The van der Waals surface area contributed by atoms with Gasteiger partial charge in [0.05, 0.1) is 25.3 Å². The number of nitrogens with one attached hydrogen (secondary N) is 2. The van der Waals surface area contributed by atoms with E-state index in [4.69, 9.17) is 18.9 Å². The first-order valence-corrected chi connectivity index (χ1v) is 9.38. The van der Waals surface area contributed by atoms with E-state index in [1.54, 1.807) is 20.5 Å². The third-order valence-electron chi connectivity index (χ3n) is 5.36. The Balaban J connectivity index is 1.66. The molecule has 0 atom stereocenters. The summed E-state index contributed by atoms with van der Waals surface area (Å²) in [4.78, 5) is 11.7. The highest BCUT2D eigenvalue weighted by Crippen LogP contribution is 2.38. The molecule has 0 saturated carbocycles. The number of methoxy groups -OCH3 is 2. The Bertz CT molecular complexity index is 1360. The van der Waals surface area contributed by atoms with Gasteiger partial charge in [0.2, 0.25) is 5.89 Å². The van der Waals surface area contributed by atoms with Gasteiger partial charge < -0.3 is 23.9 Å². The first-order valence-electron chi connectivity index (χ1n) is 9.38. The van der Waals surface area contributed by atoms with E-state index in [2.05, 4.69) is 9.97 Å². The quantitative estimate of drug-likeness (QED) is 0.420. The second kappa shape index (κ2) is 6.44. The third kappa shape index (κ3) is 2.68. The van der Waals surface area contributed by atoms with Crippen molar-refractivity contribution in [2.45, 2.75) is 13.8 Å². The fourth-order valence-corrected chi connectivity index (χ4v) is 3.98. The zero-order valence-corrected chi connectivity index (χ0v) is 16.7. The molecule has 0 aliphatic rings. The van der Waals surface area contributed by atoms with Crippen molar-refractivity contribution in [1.82, 2.24) is 15.0 Å². The molecule has 29 heavy (non-hydrogen) atoms. The molecular formula is C23H21N3O3. The van der Waals surface area contributed by atoms with Crippen LogP contribution in [0.25, 0.3) is 44.5 Å². The number of benzene rings is 2. The lowest BCUT2D eigenvalue weighted by Crippen LogP contribution is -1.84. The Morgan fingerprint density at radius 3 is 2.28 bits per heavy atom. The second-order valence-corrected chi connectivity index (χ2v) is 7.11. The van der Waals surface area contributed by atoms with E-state index in [1.807, 2.05) is 50.2 Å². The van der Waals surface area contributed by atoms with Gasteiger partial charge in [-0.2, -0.15) is 0 Å². The smallest absolute Gasteiger partial charge is 0.228 e. The minimum absolute atomic E-state index is 0.588. The van der Waals surface area contributed by atoms with Gasteiger partial charge in [-0.25, -0.2) is 4.98 Å². The summed E-state index contributed by atoms with van der Waals surface area (Å²) in [5, 5.41) is 2.11. The van der Waals surface area contributed by atoms with Crippen molar-refractivity contribution in [3.8, 4) is 34.2 Å². The Kier molecular flexibility index (Phi) is 3.87. The Hall–Kier alpha value is -3.67. The largest absolute Gasteiger partial charge is 0.497 e. The average Bonchev–Trinajstić information content (AvgIpc) is 3.40. The predicted octanol–water partition coefficient (Wildman–Crippen LogP) is 5.61. The van der Waals surface area contributed by atoms with E-state index < -0.39 is 0 Å². The molecular weight excluding hydrogens is 366 g/mol. The molecule has 3 aromatic heterocycles. The highest BCUT2D eigenvalue weighted by molar-refractivity contribution is 5.99. The van der Waals surface area contributed by atoms with Gasteiger partial charge in [0.15, 0.2) is 0 Å². The van der Waals surface area contributed by atoms with Gasteiger partial charge in [-0.15, -0.1) is 0 Å². The van der Waals surface area contributed by atoms with Gasteiger partial charge in [-0.1, -0.05) is 0 Å². The molecule has 2 N–H and O–H groups in total. The van der Waals surface area contributed by atoms with Gasteiger partial charge in [0.25, 0.3) is 0 Å². The molecule has 5 rings (SSSR count). The zero-order chi connectivity index (χ0) is 20.1. The number of aryl methyl sites for hydroxylation is 2. The molecule has 146 valence electrons. The van der Waals surface area contributed by atoms with Crippen LogP contribution in [-0.4, -0.2) is 29.2 Å². The van der Waals surface area contributed by atoms with Crippen molar-refractivity contribution in [2.24, 2.45) is 0 Å². The molecule has 0 fully saturated rings. The number of hydrogen-bond acceptors (Lipinski definition) is 4. The number of nitrogens with zero attached hydrogens (tertiary/aromatic N) is 1. The van der Waals surface area contributed by atoms with Crippen LogP contribution < -0.4 is 9.47 Å². The summed E-state index contributed by atoms with van der Waals surface area (Å²) in [7, 11) is 3.33. The normalized spacial score (nSPS) is 11.4. The summed E-state index contributed by atoms with van der Waals surface area (Å²) >= 11 is 0. The number of H-pyrrole nitrogens is 2. The van der Waals surface area contributed by atoms with E-state index in [0.717, 1.165) is 61.5 Å². The fourth-order valence-electron chi connectivity index (χ4n) is 3.98. The van der Waals surface area contributed by atoms with Crippen LogP contribution in [0.3, 0.4) is 0 Å². The molecule has 0 radical (unpaired) electrons. The molecule has 5 aromatic rings. The Morgan fingerprint density at radius 1 is 0.793 bits per heavy atom. The molecule has 3 heterocycles. The molecule has 0 bridgehead atoms. The summed E-state index contributed by atoms with van der Waals surface area (Å²) < 4.78 is 16.7. The number of oxazole rings is 1. The summed E-state index contributed by atoms with van der Waals surface area (Å²) in [6, 6.07) is 11.9. The van der Waals surface area contributed by atoms with Gasteiger partial charge in [-0.05, 0) is 44.2 Å². The molecule has 0 amide bonds. The van der Waals surface area contributed by atoms with Crippen molar-refractivity contribution < 1.29 is 13.9 Å². The van der Waals surface area contributed by atoms with Gasteiger partial charge in [-0.3, -0.25) is 0 Å². The summed E-state index contributed by atoms with van der Waals surface area (Å²) in [6.45, 7) is 4.06. The number of aromatic amines is 2. The minimum atomic E-state index is 0.588. The summed E-state index contributed by atoms with van der Waals surface area (Å²) in [5.74, 6) is 2.20. The molecule has 0 aliphatic carbocycles. The number of ether oxygens (including phenoxy) is 2. The number of aromatic nitrogens is 3. The summed E-state index contributed by atoms with van der Waals surface area (Å²) in [5.41, 5.74) is 6.84. The topological polar surface area (TPSA) is 76.1 Å². The summed E-state index contributed by atoms with van der Waals surface area (Å²) in [6.07, 6.45) is 1.71. The maximum absolute atomic E-state index is 5.93. The fraction of sp³-hybridized carbons (Fsp3) is 0.174. The van der Waals surface area contributed by atoms with Crippen molar-refractivity contribution in [1.29, 1.82) is 0 Å². The average molecular weight is 387 g/mol. The van der Waals surface area contributed by atoms with E-state index in [-0.39, 0.29) is 0 Å². The van der Waals surface area contributed by atoms with Crippen molar-refractivity contribution >= 4 is 21.8 Å². The second-order valence-electron chi connectivity index (χ2n) is 7.11. The van der Waals surface area contributed by atoms with Crippen LogP contribution in [0.5, 0.6) is 11.5 Å². The number of hydrogen-bond donors (Lipinski definition) is 2. The highest BCUT2D eigenvalue weighted by Gasteiger charge is 2.20. The highest BCUT2D eigenvalue weighted by atomic mass is 16.5. The first-order chi connectivity index (χ1) is 14.1. The van der Waals surface area contributed by atoms with Crippen LogP contribution in [0.1, 0.15) is 11.4 Å². The SMILES string of the molecule is COc1ccc2c(-c3nc(-c4c(C)[nH]c5ccc(OC)cc45)co3)c(C)[nH]c2c1. The lowest BCUT2D eigenvalue weighted by molar-refractivity contribution is 0.415. The van der Waals surface area contributed by atoms with Gasteiger partial charge >= 0.3 is 0 Å². The third-order valence-corrected chi connectivity index (χ3v) is 5.36. The minimum Gasteiger partial charge on any atom is -0.497 e. The van der Waals surface area contributed by atoms with Crippen LogP contribution in [0, 0.1) is 13.8 Å². The van der Waals surface area contributed by atoms with E-state index in [1.165, 1.54) is 0 Å². The molecule has 0 aliphatic heterocycles. The number of rotatable bonds is 4. The van der Waals surface area contributed by atoms with Crippen LogP contribution in [-0.2, 0) is 0 Å². The maximum atomic E-state index is 5.93.